The van der Waals surface area contributed by atoms with Gasteiger partial charge in [-0.2, -0.15) is 13.2 Å². The molecule has 25 heavy (non-hydrogen) atoms. The predicted octanol–water partition coefficient (Wildman–Crippen LogP) is 4.69. The molecular formula is C19H18F3NO2. The SMILES string of the molecule is O=C(Nc1ccccc1OCC(F)(F)F)C1CCCc2ccccc21. The average Bonchev–Trinajstić information content (AvgIpc) is 2.59. The van der Waals surface area contributed by atoms with Crippen molar-refractivity contribution in [3.8, 4) is 5.75 Å². The Labute approximate surface area is 143 Å². The quantitative estimate of drug-likeness (QED) is 0.870. The number of ether oxygens (including phenoxy) is 1. The number of fused-ring (bicyclic) bond motifs is 1. The van der Waals surface area contributed by atoms with Crippen molar-refractivity contribution in [2.24, 2.45) is 0 Å². The minimum Gasteiger partial charge on any atom is -0.482 e. The van der Waals surface area contributed by atoms with Gasteiger partial charge in [-0.3, -0.25) is 4.79 Å². The number of hydrogen-bond donors (Lipinski definition) is 1. The van der Waals surface area contributed by atoms with E-state index in [0.717, 1.165) is 24.0 Å². The summed E-state index contributed by atoms with van der Waals surface area (Å²) in [7, 11) is 0. The fourth-order valence-electron chi connectivity index (χ4n) is 3.10. The summed E-state index contributed by atoms with van der Waals surface area (Å²) in [6.45, 7) is -1.40. The summed E-state index contributed by atoms with van der Waals surface area (Å²) in [5.41, 5.74) is 2.38. The monoisotopic (exact) mass is 349 g/mol. The zero-order valence-electron chi connectivity index (χ0n) is 13.5. The van der Waals surface area contributed by atoms with Gasteiger partial charge in [0.15, 0.2) is 6.61 Å². The van der Waals surface area contributed by atoms with Gasteiger partial charge >= 0.3 is 6.18 Å². The molecule has 0 spiro atoms. The molecule has 1 aliphatic carbocycles. The fraction of sp³-hybridized carbons (Fsp3) is 0.316. The van der Waals surface area contributed by atoms with E-state index in [1.165, 1.54) is 6.07 Å². The Hall–Kier alpha value is -2.50. The van der Waals surface area contributed by atoms with E-state index >= 15 is 0 Å². The van der Waals surface area contributed by atoms with Gasteiger partial charge in [0, 0.05) is 0 Å². The van der Waals surface area contributed by atoms with Gasteiger partial charge < -0.3 is 10.1 Å². The summed E-state index contributed by atoms with van der Waals surface area (Å²) in [6, 6.07) is 13.9. The van der Waals surface area contributed by atoms with Crippen molar-refractivity contribution in [3.05, 3.63) is 59.7 Å². The predicted molar refractivity (Wildman–Crippen MR) is 88.7 cm³/mol. The van der Waals surface area contributed by atoms with E-state index in [2.05, 4.69) is 5.32 Å². The first kappa shape index (κ1) is 17.3. The van der Waals surface area contributed by atoms with Crippen LogP contribution in [0.2, 0.25) is 0 Å². The van der Waals surface area contributed by atoms with Crippen LogP contribution in [0.3, 0.4) is 0 Å². The van der Waals surface area contributed by atoms with Gasteiger partial charge in [-0.1, -0.05) is 36.4 Å². The molecule has 0 fully saturated rings. The molecule has 1 unspecified atom stereocenters. The summed E-state index contributed by atoms with van der Waals surface area (Å²) in [4.78, 5) is 12.7. The second-order valence-corrected chi connectivity index (χ2v) is 6.03. The van der Waals surface area contributed by atoms with E-state index < -0.39 is 12.8 Å². The molecule has 3 nitrogen and oxygen atoms in total. The molecule has 0 aromatic heterocycles. The molecule has 2 aromatic rings. The molecule has 0 saturated heterocycles. The minimum absolute atomic E-state index is 0.0114. The molecule has 1 N–H and O–H groups in total. The highest BCUT2D eigenvalue weighted by molar-refractivity contribution is 5.97. The molecule has 0 saturated carbocycles. The molecule has 0 radical (unpaired) electrons. The number of aryl methyl sites for hydroxylation is 1. The van der Waals surface area contributed by atoms with E-state index in [4.69, 9.17) is 4.74 Å². The molecule has 3 rings (SSSR count). The Morgan fingerprint density at radius 3 is 2.64 bits per heavy atom. The van der Waals surface area contributed by atoms with Crippen molar-refractivity contribution in [3.63, 3.8) is 0 Å². The second-order valence-electron chi connectivity index (χ2n) is 6.03. The molecule has 6 heteroatoms. The zero-order valence-corrected chi connectivity index (χ0v) is 13.5. The van der Waals surface area contributed by atoms with Crippen molar-refractivity contribution < 1.29 is 22.7 Å². The Morgan fingerprint density at radius 1 is 1.12 bits per heavy atom. The number of carbonyl (C=O) groups is 1. The maximum atomic E-state index is 12.7. The van der Waals surface area contributed by atoms with Crippen LogP contribution in [0.5, 0.6) is 5.75 Å². The molecular weight excluding hydrogens is 331 g/mol. The molecule has 2 aromatic carbocycles. The number of nitrogens with one attached hydrogen (secondary N) is 1. The first-order valence-corrected chi connectivity index (χ1v) is 8.11. The number of carbonyl (C=O) groups excluding carboxylic acids is 1. The normalized spacial score (nSPS) is 16.8. The van der Waals surface area contributed by atoms with Gasteiger partial charge in [-0.25, -0.2) is 0 Å². The summed E-state index contributed by atoms with van der Waals surface area (Å²) >= 11 is 0. The molecule has 1 amide bonds. The maximum Gasteiger partial charge on any atom is 0.422 e. The van der Waals surface area contributed by atoms with E-state index in [-0.39, 0.29) is 23.3 Å². The van der Waals surface area contributed by atoms with Crippen molar-refractivity contribution in [1.29, 1.82) is 0 Å². The lowest BCUT2D eigenvalue weighted by Gasteiger charge is -2.25. The lowest BCUT2D eigenvalue weighted by Crippen LogP contribution is -2.25. The first-order chi connectivity index (χ1) is 11.9. The number of rotatable bonds is 4. The molecule has 1 aliphatic rings. The fourth-order valence-corrected chi connectivity index (χ4v) is 3.10. The standard InChI is InChI=1S/C19H18F3NO2/c20-19(21,22)12-25-17-11-4-3-10-16(17)23-18(24)15-9-5-7-13-6-1-2-8-14(13)15/h1-4,6,8,10-11,15H,5,7,9,12H2,(H,23,24). The van der Waals surface area contributed by atoms with Crippen molar-refractivity contribution in [2.45, 2.75) is 31.4 Å². The van der Waals surface area contributed by atoms with E-state index in [0.29, 0.717) is 6.42 Å². The third kappa shape index (κ3) is 4.32. The van der Waals surface area contributed by atoms with Crippen LogP contribution >= 0.6 is 0 Å². The van der Waals surface area contributed by atoms with Crippen LogP contribution in [0.15, 0.2) is 48.5 Å². The number of para-hydroxylation sites is 2. The summed E-state index contributed by atoms with van der Waals surface area (Å²) in [5.74, 6) is -0.520. The number of anilines is 1. The van der Waals surface area contributed by atoms with Gasteiger partial charge in [0.05, 0.1) is 11.6 Å². The summed E-state index contributed by atoms with van der Waals surface area (Å²) in [5, 5.41) is 2.73. The number of hydrogen-bond acceptors (Lipinski definition) is 2. The number of benzene rings is 2. The van der Waals surface area contributed by atoms with Crippen LogP contribution in [0.4, 0.5) is 18.9 Å². The average molecular weight is 349 g/mol. The summed E-state index contributed by atoms with van der Waals surface area (Å²) < 4.78 is 42.0. The highest BCUT2D eigenvalue weighted by Crippen LogP contribution is 2.34. The third-order valence-corrected chi connectivity index (χ3v) is 4.22. The maximum absolute atomic E-state index is 12.7. The van der Waals surface area contributed by atoms with Gasteiger partial charge in [-0.15, -0.1) is 0 Å². The molecule has 0 aliphatic heterocycles. The van der Waals surface area contributed by atoms with Gasteiger partial charge in [-0.05, 0) is 42.5 Å². The minimum atomic E-state index is -4.43. The topological polar surface area (TPSA) is 38.3 Å². The Morgan fingerprint density at radius 2 is 1.84 bits per heavy atom. The number of halogens is 3. The number of alkyl halides is 3. The number of amides is 1. The highest BCUT2D eigenvalue weighted by Gasteiger charge is 2.30. The van der Waals surface area contributed by atoms with Crippen LogP contribution in [0, 0.1) is 0 Å². The summed E-state index contributed by atoms with van der Waals surface area (Å²) in [6.07, 6.45) is -1.87. The van der Waals surface area contributed by atoms with Gasteiger partial charge in [0.1, 0.15) is 5.75 Å². The third-order valence-electron chi connectivity index (χ3n) is 4.22. The Kier molecular flexibility index (Phi) is 4.97. The lowest BCUT2D eigenvalue weighted by molar-refractivity contribution is -0.153. The first-order valence-electron chi connectivity index (χ1n) is 8.11. The smallest absolute Gasteiger partial charge is 0.422 e. The van der Waals surface area contributed by atoms with Crippen molar-refractivity contribution in [1.82, 2.24) is 0 Å². The largest absolute Gasteiger partial charge is 0.482 e. The zero-order chi connectivity index (χ0) is 17.9. The molecule has 0 bridgehead atoms. The second kappa shape index (κ2) is 7.17. The lowest BCUT2D eigenvalue weighted by atomic mass is 9.82. The van der Waals surface area contributed by atoms with Crippen LogP contribution in [-0.2, 0) is 11.2 Å². The molecule has 1 atom stereocenters. The van der Waals surface area contributed by atoms with Crippen LogP contribution < -0.4 is 10.1 Å². The van der Waals surface area contributed by atoms with Crippen molar-refractivity contribution in [2.75, 3.05) is 11.9 Å². The molecule has 0 heterocycles. The van der Waals surface area contributed by atoms with Gasteiger partial charge in [0.2, 0.25) is 5.91 Å². The molecule has 132 valence electrons. The van der Waals surface area contributed by atoms with E-state index in [1.54, 1.807) is 18.2 Å². The van der Waals surface area contributed by atoms with E-state index in [9.17, 15) is 18.0 Å². The Bertz CT molecular complexity index is 758. The van der Waals surface area contributed by atoms with Crippen LogP contribution in [0.25, 0.3) is 0 Å². The highest BCUT2D eigenvalue weighted by atomic mass is 19.4. The Balaban J connectivity index is 1.76. The van der Waals surface area contributed by atoms with Crippen molar-refractivity contribution >= 4 is 11.6 Å². The van der Waals surface area contributed by atoms with Crippen LogP contribution in [0.1, 0.15) is 29.9 Å². The van der Waals surface area contributed by atoms with Gasteiger partial charge in [0.25, 0.3) is 0 Å². The van der Waals surface area contributed by atoms with Crippen LogP contribution in [-0.4, -0.2) is 18.7 Å². The van der Waals surface area contributed by atoms with E-state index in [1.807, 2.05) is 24.3 Å².